The van der Waals surface area contributed by atoms with Crippen LogP contribution in [0.25, 0.3) is 11.4 Å². The van der Waals surface area contributed by atoms with E-state index in [0.29, 0.717) is 36.7 Å². The zero-order valence-electron chi connectivity index (χ0n) is 18.2. The normalized spacial score (nSPS) is 10.4. The molecule has 0 unspecified atom stereocenters. The molecule has 0 aliphatic heterocycles. The second-order valence-corrected chi connectivity index (χ2v) is 6.77. The lowest BCUT2D eigenvalue weighted by atomic mass is 10.2. The number of nitrogens with zero attached hydrogens (tertiary/aromatic N) is 4. The zero-order valence-corrected chi connectivity index (χ0v) is 18.2. The summed E-state index contributed by atoms with van der Waals surface area (Å²) in [5, 5.41) is 6.89. The Morgan fingerprint density at radius 2 is 1.77 bits per heavy atom. The molecule has 1 N–H and O–H groups in total. The lowest BCUT2D eigenvalue weighted by Crippen LogP contribution is -2.23. The molecule has 0 aliphatic rings. The van der Waals surface area contributed by atoms with Crippen LogP contribution in [0.4, 0.5) is 14.6 Å². The Kier molecular flexibility index (Phi) is 12.1. The monoisotopic (exact) mass is 428 g/mol. The highest BCUT2D eigenvalue weighted by atomic mass is 19.3. The average Bonchev–Trinajstić information content (AvgIpc) is 3.18. The summed E-state index contributed by atoms with van der Waals surface area (Å²) in [6.45, 7) is 10.9. The lowest BCUT2D eigenvalue weighted by molar-refractivity contribution is -0.122. The van der Waals surface area contributed by atoms with Crippen molar-refractivity contribution in [3.63, 3.8) is 0 Å². The minimum absolute atomic E-state index is 0.0417. The fraction of sp³-hybridized carbons (Fsp3) is 0.500. The van der Waals surface area contributed by atoms with Crippen molar-refractivity contribution in [2.24, 2.45) is 0 Å². The van der Waals surface area contributed by atoms with Crippen molar-refractivity contribution in [1.29, 1.82) is 0 Å². The molecule has 2 aromatic heterocycles. The number of aromatic nitrogens is 3. The largest absolute Gasteiger partial charge is 0.483 e. The van der Waals surface area contributed by atoms with Crippen molar-refractivity contribution in [1.82, 2.24) is 14.5 Å². The number of hydrogen-bond acceptors (Lipinski definition) is 6. The number of ether oxygens (including phenoxy) is 1. The molecule has 0 spiro atoms. The van der Waals surface area contributed by atoms with Gasteiger partial charge in [-0.1, -0.05) is 0 Å². The van der Waals surface area contributed by atoms with Gasteiger partial charge in [0, 0.05) is 32.5 Å². The predicted octanol–water partition coefficient (Wildman–Crippen LogP) is 3.90. The molecule has 2 aromatic rings. The van der Waals surface area contributed by atoms with Gasteiger partial charge in [0.2, 0.25) is 6.41 Å². The molecule has 0 bridgehead atoms. The SMILES string of the molecule is CCN(CC)c1cc(-c2cccn2C=O)nc(C(F)F)n1.COC(C)(C)C.O=CO. The molecule has 2 heterocycles. The standard InChI is InChI=1S/C14H16F2N4O.C5H12O.CH2O2/c1-3-19(4-2)12-8-10(17-14(18-12)13(15)16)11-6-5-7-20(11)9-21;1-5(2,3)6-4;2-1-3/h5-9,13H,3-4H2,1-2H3;1-4H3;1H,(H,2,3). The molecular formula is C20H30F2N4O4. The number of carbonyl (C=O) groups is 2. The molecule has 10 heteroatoms. The maximum Gasteiger partial charge on any atom is 0.297 e. The van der Waals surface area contributed by atoms with Gasteiger partial charge in [0.25, 0.3) is 12.9 Å². The molecule has 168 valence electrons. The maximum absolute atomic E-state index is 13.0. The second kappa shape index (κ2) is 13.4. The Morgan fingerprint density at radius 3 is 2.17 bits per heavy atom. The minimum Gasteiger partial charge on any atom is -0.483 e. The molecule has 0 saturated carbocycles. The molecule has 0 aromatic carbocycles. The average molecular weight is 428 g/mol. The zero-order chi connectivity index (χ0) is 23.3. The lowest BCUT2D eigenvalue weighted by Gasteiger charge is -2.21. The molecule has 0 saturated heterocycles. The smallest absolute Gasteiger partial charge is 0.297 e. The minimum atomic E-state index is -2.76. The van der Waals surface area contributed by atoms with E-state index in [-0.39, 0.29) is 12.1 Å². The van der Waals surface area contributed by atoms with E-state index in [2.05, 4.69) is 9.97 Å². The maximum atomic E-state index is 13.0. The Labute approximate surface area is 175 Å². The van der Waals surface area contributed by atoms with Gasteiger partial charge in [0.15, 0.2) is 5.82 Å². The number of halogens is 2. The fourth-order valence-electron chi connectivity index (χ4n) is 2.09. The molecule has 0 amide bonds. The van der Waals surface area contributed by atoms with E-state index in [4.69, 9.17) is 14.6 Å². The van der Waals surface area contributed by atoms with Crippen molar-refractivity contribution in [3.05, 3.63) is 30.2 Å². The topological polar surface area (TPSA) is 97.5 Å². The van der Waals surface area contributed by atoms with Crippen LogP contribution in [-0.2, 0) is 14.3 Å². The van der Waals surface area contributed by atoms with Gasteiger partial charge < -0.3 is 14.7 Å². The summed E-state index contributed by atoms with van der Waals surface area (Å²) in [5.41, 5.74) is 0.807. The van der Waals surface area contributed by atoms with Gasteiger partial charge in [-0.2, -0.15) is 0 Å². The van der Waals surface area contributed by atoms with Gasteiger partial charge in [0.05, 0.1) is 17.0 Å². The van der Waals surface area contributed by atoms with E-state index >= 15 is 0 Å². The Hall–Kier alpha value is -2.88. The van der Waals surface area contributed by atoms with Crippen LogP contribution < -0.4 is 4.90 Å². The van der Waals surface area contributed by atoms with E-state index < -0.39 is 12.2 Å². The summed E-state index contributed by atoms with van der Waals surface area (Å²) in [5.74, 6) is -0.105. The first kappa shape index (κ1) is 27.1. The summed E-state index contributed by atoms with van der Waals surface area (Å²) >= 11 is 0. The van der Waals surface area contributed by atoms with E-state index in [1.165, 1.54) is 4.57 Å². The molecule has 0 radical (unpaired) electrons. The summed E-state index contributed by atoms with van der Waals surface area (Å²) in [7, 11) is 1.71. The van der Waals surface area contributed by atoms with Crippen molar-refractivity contribution in [3.8, 4) is 11.4 Å². The van der Waals surface area contributed by atoms with Crippen molar-refractivity contribution >= 4 is 18.7 Å². The predicted molar refractivity (Wildman–Crippen MR) is 112 cm³/mol. The van der Waals surface area contributed by atoms with Crippen LogP contribution in [0.3, 0.4) is 0 Å². The van der Waals surface area contributed by atoms with Gasteiger partial charge in [-0.05, 0) is 46.8 Å². The number of hydrogen-bond donors (Lipinski definition) is 1. The van der Waals surface area contributed by atoms with Crippen molar-refractivity contribution < 1.29 is 28.2 Å². The molecule has 2 rings (SSSR count). The highest BCUT2D eigenvalue weighted by Gasteiger charge is 2.18. The first-order valence-electron chi connectivity index (χ1n) is 9.25. The van der Waals surface area contributed by atoms with E-state index in [9.17, 15) is 13.6 Å². The Bertz CT molecular complexity index is 772. The van der Waals surface area contributed by atoms with Crippen LogP contribution in [0.1, 0.15) is 46.9 Å². The summed E-state index contributed by atoms with van der Waals surface area (Å²) in [6, 6.07) is 4.93. The third kappa shape index (κ3) is 9.08. The molecule has 0 atom stereocenters. The van der Waals surface area contributed by atoms with Gasteiger partial charge in [-0.15, -0.1) is 0 Å². The molecule has 0 aliphatic carbocycles. The first-order chi connectivity index (χ1) is 14.1. The quantitative estimate of drug-likeness (QED) is 0.697. The number of methoxy groups -OCH3 is 1. The van der Waals surface area contributed by atoms with Crippen molar-refractivity contribution in [2.45, 2.75) is 46.6 Å². The van der Waals surface area contributed by atoms with Gasteiger partial charge in [-0.25, -0.2) is 18.7 Å². The van der Waals surface area contributed by atoms with Gasteiger partial charge in [-0.3, -0.25) is 14.2 Å². The van der Waals surface area contributed by atoms with E-state index in [1.54, 1.807) is 31.5 Å². The fourth-order valence-corrected chi connectivity index (χ4v) is 2.09. The molecule has 8 nitrogen and oxygen atoms in total. The third-order valence-corrected chi connectivity index (χ3v) is 3.78. The summed E-state index contributed by atoms with van der Waals surface area (Å²) in [4.78, 5) is 29.0. The van der Waals surface area contributed by atoms with E-state index in [1.807, 2.05) is 39.5 Å². The van der Waals surface area contributed by atoms with Gasteiger partial charge in [0.1, 0.15) is 5.82 Å². The summed E-state index contributed by atoms with van der Waals surface area (Å²) in [6.07, 6.45) is -0.612. The van der Waals surface area contributed by atoms with Crippen LogP contribution in [0.5, 0.6) is 0 Å². The number of alkyl halides is 2. The molecule has 0 fully saturated rings. The Morgan fingerprint density at radius 1 is 1.23 bits per heavy atom. The number of carboxylic acid groups (broad SMARTS) is 1. The highest BCUT2D eigenvalue weighted by Crippen LogP contribution is 2.25. The van der Waals surface area contributed by atoms with Crippen LogP contribution in [0, 0.1) is 0 Å². The van der Waals surface area contributed by atoms with Crippen LogP contribution in [0.2, 0.25) is 0 Å². The van der Waals surface area contributed by atoms with Gasteiger partial charge >= 0.3 is 0 Å². The molecular weight excluding hydrogens is 398 g/mol. The van der Waals surface area contributed by atoms with Crippen LogP contribution in [0.15, 0.2) is 24.4 Å². The second-order valence-electron chi connectivity index (χ2n) is 6.77. The third-order valence-electron chi connectivity index (χ3n) is 3.78. The van der Waals surface area contributed by atoms with E-state index in [0.717, 1.165) is 0 Å². The van der Waals surface area contributed by atoms with Crippen LogP contribution in [-0.4, -0.2) is 58.3 Å². The van der Waals surface area contributed by atoms with Crippen molar-refractivity contribution in [2.75, 3.05) is 25.1 Å². The number of carbonyl (C=O) groups excluding carboxylic acids is 1. The molecule has 30 heavy (non-hydrogen) atoms. The number of anilines is 1. The number of rotatable bonds is 6. The first-order valence-corrected chi connectivity index (χ1v) is 9.25. The van der Waals surface area contributed by atoms with Crippen LogP contribution >= 0.6 is 0 Å². The Balaban J connectivity index is 0.000000791. The highest BCUT2D eigenvalue weighted by molar-refractivity contribution is 5.68. The summed E-state index contributed by atoms with van der Waals surface area (Å²) < 4.78 is 32.2.